The lowest BCUT2D eigenvalue weighted by atomic mass is 9.87. The molecule has 3 unspecified atom stereocenters. The summed E-state index contributed by atoms with van der Waals surface area (Å²) in [6.45, 7) is 9.39. The van der Waals surface area contributed by atoms with Gasteiger partial charge in [-0.2, -0.15) is 0 Å². The first-order valence-corrected chi connectivity index (χ1v) is 10.2. The van der Waals surface area contributed by atoms with Crippen LogP contribution in [0.1, 0.15) is 53.4 Å². The van der Waals surface area contributed by atoms with Crippen molar-refractivity contribution in [3.63, 3.8) is 0 Å². The number of carbonyl (C=O) groups is 1. The summed E-state index contributed by atoms with van der Waals surface area (Å²) in [7, 11) is 4.53. The van der Waals surface area contributed by atoms with Gasteiger partial charge in [0.25, 0.3) is 0 Å². The number of ketones is 1. The smallest absolute Gasteiger partial charge is 0.162 e. The van der Waals surface area contributed by atoms with Gasteiger partial charge in [-0.1, -0.05) is 25.5 Å². The van der Waals surface area contributed by atoms with Crippen LogP contribution in [-0.4, -0.2) is 37.3 Å². The predicted octanol–water partition coefficient (Wildman–Crippen LogP) is 4.39. The largest absolute Gasteiger partial charge is 0.493 e. The average molecular weight is 404 g/mol. The van der Waals surface area contributed by atoms with Gasteiger partial charge in [-0.25, -0.2) is 0 Å². The molecule has 0 aromatic rings. The minimum atomic E-state index is -0.377. The van der Waals surface area contributed by atoms with Gasteiger partial charge in [0.1, 0.15) is 11.9 Å². The molecule has 1 aliphatic rings. The van der Waals surface area contributed by atoms with Crippen molar-refractivity contribution >= 4 is 24.7 Å². The average Bonchev–Trinajstić information content (AvgIpc) is 2.59. The fourth-order valence-corrected chi connectivity index (χ4v) is 3.22. The van der Waals surface area contributed by atoms with Gasteiger partial charge in [0, 0.05) is 49.9 Å². The topological polar surface area (TPSA) is 54.0 Å². The zero-order chi connectivity index (χ0) is 19.6. The Morgan fingerprint density at radius 1 is 1.42 bits per heavy atom. The summed E-state index contributed by atoms with van der Waals surface area (Å²) in [6.07, 6.45) is 8.21. The molecule has 0 aliphatic carbocycles. The highest BCUT2D eigenvalue weighted by molar-refractivity contribution is 7.10. The monoisotopic (exact) mass is 404 g/mol. The van der Waals surface area contributed by atoms with Crippen LogP contribution in [0.15, 0.2) is 24.0 Å². The van der Waals surface area contributed by atoms with Crippen molar-refractivity contribution in [3.8, 4) is 0 Å². The Kier molecular flexibility index (Phi) is 11.1. The van der Waals surface area contributed by atoms with Crippen LogP contribution in [0.5, 0.6) is 0 Å². The van der Waals surface area contributed by atoms with Gasteiger partial charge in [-0.3, -0.25) is 4.79 Å². The first kappa shape index (κ1) is 23.7. The molecule has 0 aromatic carbocycles. The molecule has 1 heterocycles. The van der Waals surface area contributed by atoms with Crippen molar-refractivity contribution in [3.05, 3.63) is 24.0 Å². The second kappa shape index (κ2) is 12.2. The SMILES string of the molecule is CCCCO[C@H](C)[C@@H](CC1CC(=O)C=C(C(C)(C)/C=C/COP)O1)OP. The Balaban J connectivity index is 2.71. The summed E-state index contributed by atoms with van der Waals surface area (Å²) in [5, 5.41) is 0. The van der Waals surface area contributed by atoms with Crippen molar-refractivity contribution < 1.29 is 23.3 Å². The summed E-state index contributed by atoms with van der Waals surface area (Å²) >= 11 is 0. The van der Waals surface area contributed by atoms with E-state index in [-0.39, 0.29) is 29.5 Å². The lowest BCUT2D eigenvalue weighted by molar-refractivity contribution is -0.120. The number of ether oxygens (including phenoxy) is 2. The van der Waals surface area contributed by atoms with Crippen molar-refractivity contribution in [2.24, 2.45) is 5.41 Å². The molecule has 1 rings (SSSR count). The molecule has 0 fully saturated rings. The molecule has 0 aromatic heterocycles. The third kappa shape index (κ3) is 8.15. The molecule has 0 saturated carbocycles. The summed E-state index contributed by atoms with van der Waals surface area (Å²) in [4.78, 5) is 12.2. The summed E-state index contributed by atoms with van der Waals surface area (Å²) < 4.78 is 22.5. The van der Waals surface area contributed by atoms with Crippen molar-refractivity contribution in [1.29, 1.82) is 0 Å². The Morgan fingerprint density at radius 3 is 2.77 bits per heavy atom. The van der Waals surface area contributed by atoms with E-state index in [1.807, 2.05) is 32.9 Å². The van der Waals surface area contributed by atoms with Crippen LogP contribution in [0.25, 0.3) is 0 Å². The maximum atomic E-state index is 12.2. The van der Waals surface area contributed by atoms with E-state index in [0.717, 1.165) is 12.8 Å². The van der Waals surface area contributed by atoms with Crippen LogP contribution < -0.4 is 0 Å². The van der Waals surface area contributed by atoms with E-state index >= 15 is 0 Å². The fraction of sp³-hybridized carbons (Fsp3) is 0.737. The van der Waals surface area contributed by atoms with Crippen LogP contribution in [0, 0.1) is 5.41 Å². The van der Waals surface area contributed by atoms with Gasteiger partial charge in [0.05, 0.1) is 18.8 Å². The molecule has 1 aliphatic heterocycles. The molecule has 5 atom stereocenters. The van der Waals surface area contributed by atoms with E-state index in [0.29, 0.717) is 31.8 Å². The standard InChI is InChI=1S/C19H34O5P2/c1-5-6-9-21-14(2)17(24-26)13-16-11-15(20)12-18(23-16)19(3,4)8-7-10-22-25/h7-8,12,14,16-17H,5-6,9-11,13,25-26H2,1-4H3/b8-7+/t14-,16?,17-/m1/s1. The first-order chi connectivity index (χ1) is 12.3. The van der Waals surface area contributed by atoms with Gasteiger partial charge in [-0.15, -0.1) is 0 Å². The lowest BCUT2D eigenvalue weighted by Crippen LogP contribution is -2.35. The van der Waals surface area contributed by atoms with E-state index in [9.17, 15) is 4.79 Å². The van der Waals surface area contributed by atoms with Gasteiger partial charge in [0.15, 0.2) is 5.78 Å². The second-order valence-corrected chi connectivity index (χ2v) is 7.82. The number of unbranched alkanes of at least 4 members (excludes halogenated alkanes) is 1. The first-order valence-electron chi connectivity index (χ1n) is 9.22. The molecular formula is C19H34O5P2. The number of allylic oxidation sites excluding steroid dienone is 2. The van der Waals surface area contributed by atoms with Gasteiger partial charge < -0.3 is 18.5 Å². The van der Waals surface area contributed by atoms with E-state index in [1.54, 1.807) is 6.08 Å². The zero-order valence-corrected chi connectivity index (χ0v) is 18.7. The van der Waals surface area contributed by atoms with E-state index < -0.39 is 0 Å². The highest BCUT2D eigenvalue weighted by Crippen LogP contribution is 2.34. The summed E-state index contributed by atoms with van der Waals surface area (Å²) in [6, 6.07) is 0. The zero-order valence-electron chi connectivity index (χ0n) is 16.4. The molecule has 0 radical (unpaired) electrons. The van der Waals surface area contributed by atoms with Crippen LogP contribution in [-0.2, 0) is 23.3 Å². The summed E-state index contributed by atoms with van der Waals surface area (Å²) in [5.74, 6) is 0.767. The van der Waals surface area contributed by atoms with Crippen molar-refractivity contribution in [2.45, 2.75) is 71.7 Å². The fourth-order valence-electron chi connectivity index (χ4n) is 2.77. The van der Waals surface area contributed by atoms with Gasteiger partial charge in [0.2, 0.25) is 0 Å². The highest BCUT2D eigenvalue weighted by Gasteiger charge is 2.33. The van der Waals surface area contributed by atoms with Gasteiger partial charge >= 0.3 is 0 Å². The molecule has 5 nitrogen and oxygen atoms in total. The number of hydrogen-bond acceptors (Lipinski definition) is 5. The maximum absolute atomic E-state index is 12.2. The molecule has 0 bridgehead atoms. The van der Waals surface area contributed by atoms with E-state index in [1.165, 1.54) is 0 Å². The van der Waals surface area contributed by atoms with Crippen LogP contribution in [0.3, 0.4) is 0 Å². The Labute approximate surface area is 162 Å². The lowest BCUT2D eigenvalue weighted by Gasteiger charge is -2.34. The normalized spacial score (nSPS) is 20.8. The number of rotatable bonds is 12. The van der Waals surface area contributed by atoms with Gasteiger partial charge in [-0.05, 0) is 27.2 Å². The molecule has 0 spiro atoms. The molecule has 7 heteroatoms. The Bertz CT molecular complexity index is 490. The predicted molar refractivity (Wildman–Crippen MR) is 111 cm³/mol. The molecule has 0 amide bonds. The van der Waals surface area contributed by atoms with Crippen LogP contribution in [0.4, 0.5) is 0 Å². The third-order valence-electron chi connectivity index (χ3n) is 4.45. The van der Waals surface area contributed by atoms with Crippen LogP contribution >= 0.6 is 18.9 Å². The quantitative estimate of drug-likeness (QED) is 0.274. The Morgan fingerprint density at radius 2 is 2.15 bits per heavy atom. The van der Waals surface area contributed by atoms with E-state index in [4.69, 9.17) is 18.5 Å². The molecule has 0 saturated heterocycles. The molecular weight excluding hydrogens is 370 g/mol. The van der Waals surface area contributed by atoms with Crippen molar-refractivity contribution in [1.82, 2.24) is 0 Å². The van der Waals surface area contributed by atoms with E-state index in [2.05, 4.69) is 25.9 Å². The maximum Gasteiger partial charge on any atom is 0.162 e. The second-order valence-electron chi connectivity index (χ2n) is 7.22. The summed E-state index contributed by atoms with van der Waals surface area (Å²) in [5.41, 5.74) is -0.377. The Hall–Kier alpha value is -0.310. The number of hydrogen-bond donors (Lipinski definition) is 0. The molecule has 0 N–H and O–H groups in total. The minimum Gasteiger partial charge on any atom is -0.493 e. The van der Waals surface area contributed by atoms with Crippen molar-refractivity contribution in [2.75, 3.05) is 13.2 Å². The molecule has 26 heavy (non-hydrogen) atoms. The number of carbonyl (C=O) groups excluding carboxylic acids is 1. The molecule has 150 valence electrons. The highest BCUT2D eigenvalue weighted by atomic mass is 31.0. The van der Waals surface area contributed by atoms with Crippen LogP contribution in [0.2, 0.25) is 0 Å². The third-order valence-corrected chi connectivity index (χ3v) is 4.99. The minimum absolute atomic E-state index is 0.0563.